The van der Waals surface area contributed by atoms with Crippen molar-refractivity contribution in [3.63, 3.8) is 0 Å². The molecule has 0 aliphatic heterocycles. The van der Waals surface area contributed by atoms with Gasteiger partial charge in [-0.25, -0.2) is 8.78 Å². The van der Waals surface area contributed by atoms with E-state index in [1.807, 2.05) is 0 Å². The summed E-state index contributed by atoms with van der Waals surface area (Å²) >= 11 is 0. The Morgan fingerprint density at radius 1 is 1.05 bits per heavy atom. The number of anilines is 1. The number of rotatable bonds is 3. The Labute approximate surface area is 119 Å². The van der Waals surface area contributed by atoms with Crippen LogP contribution >= 0.6 is 0 Å². The Balaban J connectivity index is 2.14. The first-order chi connectivity index (χ1) is 10.0. The van der Waals surface area contributed by atoms with Crippen molar-refractivity contribution < 1.29 is 18.8 Å². The van der Waals surface area contributed by atoms with E-state index in [-0.39, 0.29) is 5.56 Å². The fourth-order valence-corrected chi connectivity index (χ4v) is 1.69. The number of nitrogens with one attached hydrogen (secondary N) is 1. The van der Waals surface area contributed by atoms with Gasteiger partial charge >= 0.3 is 0 Å². The quantitative estimate of drug-likeness (QED) is 0.517. The minimum atomic E-state index is -1.08. The van der Waals surface area contributed by atoms with Gasteiger partial charge in [0.1, 0.15) is 0 Å². The maximum Gasteiger partial charge on any atom is 0.255 e. The summed E-state index contributed by atoms with van der Waals surface area (Å²) in [6.07, 6.45) is 0. The van der Waals surface area contributed by atoms with E-state index in [0.29, 0.717) is 17.0 Å². The van der Waals surface area contributed by atoms with Crippen LogP contribution < -0.4 is 5.32 Å². The summed E-state index contributed by atoms with van der Waals surface area (Å²) in [4.78, 5) is 11.9. The van der Waals surface area contributed by atoms with Gasteiger partial charge < -0.3 is 10.5 Å². The minimum Gasteiger partial charge on any atom is -0.411 e. The molecule has 0 unspecified atom stereocenters. The Morgan fingerprint density at radius 2 is 1.67 bits per heavy atom. The highest BCUT2D eigenvalue weighted by Gasteiger charge is 2.10. The lowest BCUT2D eigenvalue weighted by Gasteiger charge is -2.06. The molecule has 0 bridgehead atoms. The summed E-state index contributed by atoms with van der Waals surface area (Å²) in [6.45, 7) is 1.63. The molecule has 0 radical (unpaired) electrons. The van der Waals surface area contributed by atoms with E-state index in [9.17, 15) is 13.6 Å². The van der Waals surface area contributed by atoms with Crippen LogP contribution in [0.3, 0.4) is 0 Å². The monoisotopic (exact) mass is 290 g/mol. The van der Waals surface area contributed by atoms with E-state index < -0.39 is 17.5 Å². The van der Waals surface area contributed by atoms with Crippen molar-refractivity contribution in [3.8, 4) is 0 Å². The molecule has 2 aromatic carbocycles. The molecule has 108 valence electrons. The van der Waals surface area contributed by atoms with Crippen molar-refractivity contribution in [3.05, 3.63) is 65.2 Å². The molecule has 0 fully saturated rings. The number of carbonyl (C=O) groups excluding carboxylic acids is 1. The minimum absolute atomic E-state index is 0.0195. The third kappa shape index (κ3) is 3.42. The third-order valence-corrected chi connectivity index (χ3v) is 2.89. The van der Waals surface area contributed by atoms with Gasteiger partial charge in [0.2, 0.25) is 0 Å². The van der Waals surface area contributed by atoms with Gasteiger partial charge in [0.15, 0.2) is 11.6 Å². The Morgan fingerprint density at radius 3 is 2.24 bits per heavy atom. The van der Waals surface area contributed by atoms with Crippen LogP contribution in [0, 0.1) is 11.6 Å². The average molecular weight is 290 g/mol. The molecule has 2 aromatic rings. The van der Waals surface area contributed by atoms with Crippen molar-refractivity contribution in [2.24, 2.45) is 5.16 Å². The summed E-state index contributed by atoms with van der Waals surface area (Å²) in [7, 11) is 0. The highest BCUT2D eigenvalue weighted by molar-refractivity contribution is 6.04. The van der Waals surface area contributed by atoms with Gasteiger partial charge in [-0.3, -0.25) is 4.79 Å². The molecule has 0 atom stereocenters. The predicted molar refractivity (Wildman–Crippen MR) is 74.8 cm³/mol. The van der Waals surface area contributed by atoms with E-state index in [1.54, 1.807) is 31.2 Å². The second-order valence-electron chi connectivity index (χ2n) is 4.35. The summed E-state index contributed by atoms with van der Waals surface area (Å²) in [5.41, 5.74) is 1.64. The molecule has 0 aliphatic carbocycles. The molecule has 0 saturated carbocycles. The van der Waals surface area contributed by atoms with Crippen LogP contribution in [0.5, 0.6) is 0 Å². The van der Waals surface area contributed by atoms with E-state index >= 15 is 0 Å². The maximum atomic E-state index is 13.1. The van der Waals surface area contributed by atoms with Crippen LogP contribution in [0.4, 0.5) is 14.5 Å². The first kappa shape index (κ1) is 14.6. The van der Waals surface area contributed by atoms with Gasteiger partial charge in [0, 0.05) is 11.3 Å². The summed E-state index contributed by atoms with van der Waals surface area (Å²) in [5, 5.41) is 14.3. The lowest BCUT2D eigenvalue weighted by molar-refractivity contribution is 0.102. The van der Waals surface area contributed by atoms with Gasteiger partial charge in [0.25, 0.3) is 5.91 Å². The second-order valence-corrected chi connectivity index (χ2v) is 4.35. The smallest absolute Gasteiger partial charge is 0.255 e. The molecule has 1 amide bonds. The standard InChI is InChI=1S/C15H12F2N2O2/c1-9(19-21)10-2-5-12(6-3-10)18-15(20)11-4-7-13(16)14(17)8-11/h2-8,21H,1H3,(H,18,20)/b19-9+. The van der Waals surface area contributed by atoms with Gasteiger partial charge in [-0.05, 0) is 42.8 Å². The molecule has 6 heteroatoms. The summed E-state index contributed by atoms with van der Waals surface area (Å²) < 4.78 is 25.9. The first-order valence-electron chi connectivity index (χ1n) is 6.07. The SMILES string of the molecule is C/C(=N\O)c1ccc(NC(=O)c2ccc(F)c(F)c2)cc1. The number of oxime groups is 1. The fourth-order valence-electron chi connectivity index (χ4n) is 1.69. The normalized spacial score (nSPS) is 11.3. The molecule has 0 saturated heterocycles. The van der Waals surface area contributed by atoms with Crippen molar-refractivity contribution >= 4 is 17.3 Å². The van der Waals surface area contributed by atoms with Crippen LogP contribution in [0.2, 0.25) is 0 Å². The predicted octanol–water partition coefficient (Wildman–Crippen LogP) is 3.42. The molecule has 2 N–H and O–H groups in total. The lowest BCUT2D eigenvalue weighted by Crippen LogP contribution is -2.12. The van der Waals surface area contributed by atoms with E-state index in [4.69, 9.17) is 5.21 Å². The molecule has 0 heterocycles. The average Bonchev–Trinajstić information content (AvgIpc) is 2.50. The number of hydrogen-bond acceptors (Lipinski definition) is 3. The lowest BCUT2D eigenvalue weighted by atomic mass is 10.1. The Bertz CT molecular complexity index is 697. The fraction of sp³-hybridized carbons (Fsp3) is 0.0667. The van der Waals surface area contributed by atoms with Crippen molar-refractivity contribution in [1.82, 2.24) is 0 Å². The number of carbonyl (C=O) groups is 1. The highest BCUT2D eigenvalue weighted by atomic mass is 19.2. The number of halogens is 2. The molecule has 4 nitrogen and oxygen atoms in total. The van der Waals surface area contributed by atoms with Crippen LogP contribution in [-0.2, 0) is 0 Å². The third-order valence-electron chi connectivity index (χ3n) is 2.89. The zero-order valence-electron chi connectivity index (χ0n) is 11.1. The Hall–Kier alpha value is -2.76. The van der Waals surface area contributed by atoms with Crippen LogP contribution in [0.1, 0.15) is 22.8 Å². The topological polar surface area (TPSA) is 61.7 Å². The van der Waals surface area contributed by atoms with Gasteiger partial charge in [-0.1, -0.05) is 17.3 Å². The first-order valence-corrected chi connectivity index (χ1v) is 6.07. The molecular weight excluding hydrogens is 278 g/mol. The zero-order chi connectivity index (χ0) is 15.4. The number of hydrogen-bond donors (Lipinski definition) is 2. The molecule has 0 spiro atoms. The number of benzene rings is 2. The molecule has 2 rings (SSSR count). The molecule has 0 aliphatic rings. The maximum absolute atomic E-state index is 13.1. The van der Waals surface area contributed by atoms with Crippen molar-refractivity contribution in [2.45, 2.75) is 6.92 Å². The summed E-state index contributed by atoms with van der Waals surface area (Å²) in [6, 6.07) is 9.48. The molecular formula is C15H12F2N2O2. The van der Waals surface area contributed by atoms with Crippen molar-refractivity contribution in [1.29, 1.82) is 0 Å². The highest BCUT2D eigenvalue weighted by Crippen LogP contribution is 2.14. The van der Waals surface area contributed by atoms with Crippen molar-refractivity contribution in [2.75, 3.05) is 5.32 Å². The second kappa shape index (κ2) is 6.13. The summed E-state index contributed by atoms with van der Waals surface area (Å²) in [5.74, 6) is -2.63. The van der Waals surface area contributed by atoms with Gasteiger partial charge in [-0.2, -0.15) is 0 Å². The van der Waals surface area contributed by atoms with Gasteiger partial charge in [0.05, 0.1) is 5.71 Å². The molecule has 21 heavy (non-hydrogen) atoms. The van der Waals surface area contributed by atoms with Crippen LogP contribution in [0.25, 0.3) is 0 Å². The van der Waals surface area contributed by atoms with Crippen LogP contribution in [-0.4, -0.2) is 16.8 Å². The van der Waals surface area contributed by atoms with Crippen LogP contribution in [0.15, 0.2) is 47.6 Å². The van der Waals surface area contributed by atoms with E-state index in [0.717, 1.165) is 12.1 Å². The number of nitrogens with zero attached hydrogens (tertiary/aromatic N) is 1. The number of amides is 1. The van der Waals surface area contributed by atoms with E-state index in [2.05, 4.69) is 10.5 Å². The van der Waals surface area contributed by atoms with E-state index in [1.165, 1.54) is 6.07 Å². The Kier molecular flexibility index (Phi) is 4.27. The zero-order valence-corrected chi connectivity index (χ0v) is 11.1. The molecule has 0 aromatic heterocycles. The van der Waals surface area contributed by atoms with Gasteiger partial charge in [-0.15, -0.1) is 0 Å². The largest absolute Gasteiger partial charge is 0.411 e.